The molecule has 0 aromatic carbocycles. The van der Waals surface area contributed by atoms with Crippen LogP contribution in [0.2, 0.25) is 0 Å². The van der Waals surface area contributed by atoms with E-state index < -0.39 is 13.2 Å². The van der Waals surface area contributed by atoms with Crippen LogP contribution in [-0.2, 0) is 0 Å². The molecule has 2 N–H and O–H groups in total. The Balaban J connectivity index is 0.000000183. The Morgan fingerprint density at radius 1 is 0.857 bits per heavy atom. The van der Waals surface area contributed by atoms with Crippen LogP contribution in [0.4, 0.5) is 0 Å². The molecule has 0 saturated heterocycles. The third-order valence-corrected chi connectivity index (χ3v) is 0.812. The Hall–Kier alpha value is -0.0736. The van der Waals surface area contributed by atoms with Gasteiger partial charge in [0.05, 0.1) is 12.7 Å². The van der Waals surface area contributed by atoms with Crippen LogP contribution in [0.1, 0.15) is 0 Å². The normalized spacial score (nSPS) is 7.64. The molecule has 0 amide bonds. The number of aromatic nitrogens is 4. The van der Waals surface area contributed by atoms with Crippen LogP contribution in [0, 0.1) is 0 Å². The number of rotatable bonds is 0. The minimum atomic E-state index is -2.06. The van der Waals surface area contributed by atoms with Gasteiger partial charge in [-0.1, -0.05) is 0 Å². The molecule has 0 aliphatic heterocycles. The fourth-order valence-electron chi connectivity index (χ4n) is 0.430. The molecule has 0 unspecified atom stereocenters. The molecule has 2 aromatic heterocycles. The summed E-state index contributed by atoms with van der Waals surface area (Å²) in [6, 6.07) is 0. The molecule has 0 spiro atoms. The topological polar surface area (TPSA) is 57.4 Å². The summed E-state index contributed by atoms with van der Waals surface area (Å²) in [7, 11) is 15.0. The molecule has 8 heteroatoms. The molecule has 0 saturated carbocycles. The van der Waals surface area contributed by atoms with Gasteiger partial charge in [0.2, 0.25) is 0 Å². The molecule has 0 atom stereocenters. The SMILES string of the molecule is [Cl][Ga]([Cl])[Cl].c1c[nH]cn1.c1c[nH]cn1. The van der Waals surface area contributed by atoms with Crippen LogP contribution in [0.15, 0.2) is 37.4 Å². The van der Waals surface area contributed by atoms with Crippen molar-refractivity contribution >= 4 is 42.1 Å². The molecule has 0 aliphatic carbocycles. The zero-order valence-corrected chi connectivity index (χ0v) is 11.8. The van der Waals surface area contributed by atoms with Crippen LogP contribution in [0.3, 0.4) is 0 Å². The summed E-state index contributed by atoms with van der Waals surface area (Å²) in [5.41, 5.74) is 0. The van der Waals surface area contributed by atoms with Crippen LogP contribution in [0.5, 0.6) is 0 Å². The maximum atomic E-state index is 4.99. The fourth-order valence-corrected chi connectivity index (χ4v) is 0.430. The van der Waals surface area contributed by atoms with Crippen molar-refractivity contribution in [1.82, 2.24) is 19.9 Å². The van der Waals surface area contributed by atoms with E-state index in [1.165, 1.54) is 0 Å². The first-order valence-corrected chi connectivity index (χ1v) is 13.1. The quantitative estimate of drug-likeness (QED) is 0.734. The molecule has 0 bridgehead atoms. The third-order valence-electron chi connectivity index (χ3n) is 0.812. The molecule has 0 aliphatic rings. The zero-order chi connectivity index (χ0) is 10.6. The van der Waals surface area contributed by atoms with Crippen LogP contribution in [-0.4, -0.2) is 33.2 Å². The number of halogens is 3. The molecule has 4 nitrogen and oxygen atoms in total. The smallest absolute Gasteiger partial charge is 0.0919 e. The van der Waals surface area contributed by atoms with Gasteiger partial charge >= 0.3 is 42.1 Å². The minimum Gasteiger partial charge on any atom is -0.351 e. The third kappa shape index (κ3) is 14.5. The van der Waals surface area contributed by atoms with E-state index in [1.54, 1.807) is 37.4 Å². The van der Waals surface area contributed by atoms with Gasteiger partial charge in [-0.25, -0.2) is 9.97 Å². The molecule has 0 fully saturated rings. The molecular weight excluding hydrogens is 304 g/mol. The number of hydrogen-bond acceptors (Lipinski definition) is 2. The summed E-state index contributed by atoms with van der Waals surface area (Å²) >= 11 is -2.06. The van der Waals surface area contributed by atoms with Crippen molar-refractivity contribution in [1.29, 1.82) is 0 Å². The second-order valence-corrected chi connectivity index (χ2v) is 13.1. The number of nitrogens with zero attached hydrogens (tertiary/aromatic N) is 2. The van der Waals surface area contributed by atoms with E-state index in [0.29, 0.717) is 0 Å². The number of nitrogens with one attached hydrogen (secondary N) is 2. The van der Waals surface area contributed by atoms with Crippen molar-refractivity contribution < 1.29 is 0 Å². The van der Waals surface area contributed by atoms with Crippen molar-refractivity contribution in [3.05, 3.63) is 37.4 Å². The molecular formula is C6H8Cl3GaN4. The van der Waals surface area contributed by atoms with Gasteiger partial charge in [0.25, 0.3) is 0 Å². The van der Waals surface area contributed by atoms with E-state index in [9.17, 15) is 0 Å². The molecule has 2 heterocycles. The van der Waals surface area contributed by atoms with Gasteiger partial charge in [-0.3, -0.25) is 0 Å². The van der Waals surface area contributed by atoms with Crippen molar-refractivity contribution in [2.24, 2.45) is 0 Å². The monoisotopic (exact) mass is 310 g/mol. The summed E-state index contributed by atoms with van der Waals surface area (Å²) in [6.45, 7) is 0. The summed E-state index contributed by atoms with van der Waals surface area (Å²) in [4.78, 5) is 12.8. The first kappa shape index (κ1) is 13.9. The second kappa shape index (κ2) is 11.0. The van der Waals surface area contributed by atoms with E-state index in [2.05, 4.69) is 19.9 Å². The Kier molecular flexibility index (Phi) is 10.9. The Morgan fingerprint density at radius 3 is 1.29 bits per heavy atom. The maximum absolute atomic E-state index is 4.99. The standard InChI is InChI=1S/2C3H4N2.3ClH.Ga/c2*1-2-5-3-4-1;;;;/h2*1-3H,(H,4,5);3*1H;/q;;;;;+3/p-3. The van der Waals surface area contributed by atoms with Gasteiger partial charge in [0.1, 0.15) is 0 Å². The van der Waals surface area contributed by atoms with E-state index in [-0.39, 0.29) is 0 Å². The number of H-pyrrole nitrogens is 2. The first-order valence-electron chi connectivity index (χ1n) is 3.51. The average molecular weight is 312 g/mol. The van der Waals surface area contributed by atoms with E-state index in [4.69, 9.17) is 28.9 Å². The van der Waals surface area contributed by atoms with Crippen LogP contribution in [0.25, 0.3) is 0 Å². The van der Waals surface area contributed by atoms with Crippen LogP contribution >= 0.6 is 28.9 Å². The van der Waals surface area contributed by atoms with Gasteiger partial charge in [-0.15, -0.1) is 0 Å². The molecule has 14 heavy (non-hydrogen) atoms. The van der Waals surface area contributed by atoms with E-state index in [0.717, 1.165) is 0 Å². The Bertz CT molecular complexity index is 197. The van der Waals surface area contributed by atoms with Crippen LogP contribution < -0.4 is 0 Å². The van der Waals surface area contributed by atoms with Crippen molar-refractivity contribution in [3.63, 3.8) is 0 Å². The fraction of sp³-hybridized carbons (Fsp3) is 0. The van der Waals surface area contributed by atoms with Crippen molar-refractivity contribution in [3.8, 4) is 0 Å². The number of hydrogen-bond donors (Lipinski definition) is 2. The summed E-state index contributed by atoms with van der Waals surface area (Å²) < 4.78 is 0. The van der Waals surface area contributed by atoms with Gasteiger partial charge in [-0.05, 0) is 0 Å². The first-order chi connectivity index (χ1) is 6.73. The largest absolute Gasteiger partial charge is 0.351 e. The summed E-state index contributed by atoms with van der Waals surface area (Å²) in [5.74, 6) is 0. The second-order valence-electron chi connectivity index (χ2n) is 1.77. The maximum Gasteiger partial charge on any atom is 0.0919 e. The Morgan fingerprint density at radius 2 is 1.21 bits per heavy atom. The summed E-state index contributed by atoms with van der Waals surface area (Å²) in [6.07, 6.45) is 10.2. The number of aromatic amines is 2. The predicted molar refractivity (Wildman–Crippen MR) is 60.5 cm³/mol. The van der Waals surface area contributed by atoms with Crippen molar-refractivity contribution in [2.45, 2.75) is 0 Å². The molecule has 2 aromatic rings. The van der Waals surface area contributed by atoms with Gasteiger partial charge in [0.15, 0.2) is 0 Å². The van der Waals surface area contributed by atoms with Gasteiger partial charge < -0.3 is 9.97 Å². The van der Waals surface area contributed by atoms with E-state index >= 15 is 0 Å². The Labute approximate surface area is 99.1 Å². The predicted octanol–water partition coefficient (Wildman–Crippen LogP) is 2.51. The van der Waals surface area contributed by atoms with Crippen molar-refractivity contribution in [2.75, 3.05) is 0 Å². The minimum absolute atomic E-state index is 1.62. The van der Waals surface area contributed by atoms with Gasteiger partial charge in [-0.2, -0.15) is 0 Å². The molecule has 0 radical (unpaired) electrons. The average Bonchev–Trinajstić information content (AvgIpc) is 2.83. The molecule has 76 valence electrons. The van der Waals surface area contributed by atoms with E-state index in [1.807, 2.05) is 0 Å². The number of imidazole rings is 2. The zero-order valence-electron chi connectivity index (χ0n) is 7.07. The van der Waals surface area contributed by atoms with Gasteiger partial charge in [0, 0.05) is 24.8 Å². The summed E-state index contributed by atoms with van der Waals surface area (Å²) in [5, 5.41) is 0. The molecule has 2 rings (SSSR count).